The molecule has 4 aromatic rings. The molecule has 6 rings (SSSR count). The number of anilines is 1. The smallest absolute Gasteiger partial charge is 0.325 e. The number of esters is 1. The number of nitrogens with one attached hydrogen (secondary N) is 3. The number of β-amino-alcohol motifs (C(OH)–C–C–N with tert-alkyl or cyclic N) is 1. The summed E-state index contributed by atoms with van der Waals surface area (Å²) in [7, 11) is 0. The van der Waals surface area contributed by atoms with Crippen LogP contribution < -0.4 is 16.0 Å². The first-order valence-corrected chi connectivity index (χ1v) is 19.1. The fourth-order valence-corrected chi connectivity index (χ4v) is 7.89. The van der Waals surface area contributed by atoms with Crippen LogP contribution in [0.2, 0.25) is 0 Å². The lowest BCUT2D eigenvalue weighted by molar-refractivity contribution is -0.141. The number of aliphatic hydroxyl groups is 2. The minimum atomic E-state index is -0.984. The van der Waals surface area contributed by atoms with Crippen LogP contribution >= 0.6 is 0 Å². The van der Waals surface area contributed by atoms with Gasteiger partial charge in [-0.3, -0.25) is 14.4 Å². The molecular weight excluding hydrogens is 697 g/mol. The van der Waals surface area contributed by atoms with Crippen LogP contribution in [-0.2, 0) is 44.8 Å². The van der Waals surface area contributed by atoms with Crippen LogP contribution in [0.1, 0.15) is 53.6 Å². The van der Waals surface area contributed by atoms with Crippen LogP contribution in [0.15, 0.2) is 109 Å². The zero-order valence-corrected chi connectivity index (χ0v) is 31.1. The Morgan fingerprint density at radius 1 is 0.873 bits per heavy atom. The van der Waals surface area contributed by atoms with E-state index in [4.69, 9.17) is 4.74 Å². The molecule has 0 unspecified atom stereocenters. The van der Waals surface area contributed by atoms with Crippen LogP contribution in [0.4, 0.5) is 10.5 Å². The third-order valence-electron chi connectivity index (χ3n) is 10.5. The van der Waals surface area contributed by atoms with E-state index in [-0.39, 0.29) is 49.9 Å². The van der Waals surface area contributed by atoms with Gasteiger partial charge >= 0.3 is 12.0 Å². The number of likely N-dealkylation sites (tertiary alicyclic amines) is 1. The van der Waals surface area contributed by atoms with Crippen LogP contribution in [0, 0.1) is 11.8 Å². The van der Waals surface area contributed by atoms with Gasteiger partial charge in [-0.2, -0.15) is 0 Å². The van der Waals surface area contributed by atoms with E-state index in [2.05, 4.69) is 16.0 Å². The fraction of sp³-hybridized carbons (Fsp3) is 0.364. The summed E-state index contributed by atoms with van der Waals surface area (Å²) in [5.74, 6) is -1.82. The van der Waals surface area contributed by atoms with Crippen LogP contribution in [0.3, 0.4) is 0 Å². The van der Waals surface area contributed by atoms with Gasteiger partial charge in [0.25, 0.3) is 0 Å². The van der Waals surface area contributed by atoms with E-state index < -0.39 is 36.2 Å². The van der Waals surface area contributed by atoms with Crippen molar-refractivity contribution >= 4 is 29.5 Å². The predicted molar refractivity (Wildman–Crippen MR) is 209 cm³/mol. The largest absolute Gasteiger partial charge is 0.465 e. The Balaban J connectivity index is 1.15. The summed E-state index contributed by atoms with van der Waals surface area (Å²) in [6.45, 7) is 1.73. The lowest BCUT2D eigenvalue weighted by Crippen LogP contribution is -2.43. The van der Waals surface area contributed by atoms with E-state index in [1.165, 1.54) is 0 Å². The molecule has 1 aliphatic heterocycles. The third kappa shape index (κ3) is 10.6. The maximum absolute atomic E-state index is 14.2. The number of carbonyl (C=O) groups is 4. The van der Waals surface area contributed by atoms with Gasteiger partial charge in [0.2, 0.25) is 11.8 Å². The number of rotatable bonds is 16. The van der Waals surface area contributed by atoms with Crippen molar-refractivity contribution in [1.29, 1.82) is 0 Å². The summed E-state index contributed by atoms with van der Waals surface area (Å²) >= 11 is 0. The number of ether oxygens (including phenoxy) is 1. The summed E-state index contributed by atoms with van der Waals surface area (Å²) in [5.41, 5.74) is 5.32. The maximum atomic E-state index is 14.2. The second kappa shape index (κ2) is 18.7. The zero-order chi connectivity index (χ0) is 38.7. The molecule has 6 atom stereocenters. The van der Waals surface area contributed by atoms with Gasteiger partial charge in [-0.25, -0.2) is 4.79 Å². The van der Waals surface area contributed by atoms with Crippen molar-refractivity contribution in [3.8, 4) is 0 Å². The highest BCUT2D eigenvalue weighted by atomic mass is 16.5. The summed E-state index contributed by atoms with van der Waals surface area (Å²) in [6, 6.07) is 33.3. The van der Waals surface area contributed by atoms with E-state index in [1.54, 1.807) is 24.0 Å². The van der Waals surface area contributed by atoms with Gasteiger partial charge in [-0.15, -0.1) is 0 Å². The van der Waals surface area contributed by atoms with E-state index in [0.29, 0.717) is 37.8 Å². The quantitative estimate of drug-likeness (QED) is 0.104. The number of carbonyl (C=O) groups excluding carboxylic acids is 4. The molecular formula is C44H50N4O7. The molecule has 1 fully saturated rings. The minimum Gasteiger partial charge on any atom is -0.465 e. The molecule has 0 spiro atoms. The number of benzene rings is 4. The van der Waals surface area contributed by atoms with Gasteiger partial charge in [0.1, 0.15) is 6.54 Å². The number of urea groups is 1. The fourth-order valence-electron chi connectivity index (χ4n) is 7.89. The average Bonchev–Trinajstić information content (AvgIpc) is 3.64. The Hall–Kier alpha value is -5.52. The molecule has 0 aromatic heterocycles. The van der Waals surface area contributed by atoms with Crippen molar-refractivity contribution < 1.29 is 34.1 Å². The highest BCUT2D eigenvalue weighted by Crippen LogP contribution is 2.33. The number of hydrogen-bond acceptors (Lipinski definition) is 7. The highest BCUT2D eigenvalue weighted by molar-refractivity contribution is 5.91. The van der Waals surface area contributed by atoms with E-state index >= 15 is 0 Å². The molecule has 0 radical (unpaired) electrons. The average molecular weight is 747 g/mol. The summed E-state index contributed by atoms with van der Waals surface area (Å²) in [4.78, 5) is 54.0. The molecule has 11 nitrogen and oxygen atoms in total. The Labute approximate surface area is 322 Å². The van der Waals surface area contributed by atoms with E-state index in [0.717, 1.165) is 27.8 Å². The molecule has 2 aliphatic rings. The van der Waals surface area contributed by atoms with Gasteiger partial charge in [0.15, 0.2) is 0 Å². The first-order chi connectivity index (χ1) is 26.7. The highest BCUT2D eigenvalue weighted by Gasteiger charge is 2.41. The van der Waals surface area contributed by atoms with Crippen LogP contribution in [-0.4, -0.2) is 76.9 Å². The van der Waals surface area contributed by atoms with Gasteiger partial charge in [0.05, 0.1) is 24.9 Å². The molecule has 4 amide bonds. The number of nitrogens with zero attached hydrogens (tertiary/aromatic N) is 1. The Kier molecular flexibility index (Phi) is 13.3. The Bertz CT molecular complexity index is 1920. The molecule has 5 N–H and O–H groups in total. The van der Waals surface area contributed by atoms with Crippen molar-refractivity contribution in [3.05, 3.63) is 137 Å². The number of hydrogen-bond donors (Lipinski definition) is 5. The number of amides is 4. The lowest BCUT2D eigenvalue weighted by atomic mass is 9.91. The lowest BCUT2D eigenvalue weighted by Gasteiger charge is -2.29. The normalized spacial score (nSPS) is 20.0. The van der Waals surface area contributed by atoms with Crippen LogP contribution in [0.5, 0.6) is 0 Å². The van der Waals surface area contributed by atoms with Crippen molar-refractivity contribution in [1.82, 2.24) is 15.5 Å². The molecule has 55 heavy (non-hydrogen) atoms. The molecule has 0 bridgehead atoms. The molecule has 11 heteroatoms. The van der Waals surface area contributed by atoms with E-state index in [1.807, 2.05) is 97.1 Å². The molecule has 1 aliphatic carbocycles. The van der Waals surface area contributed by atoms with Crippen molar-refractivity contribution in [3.63, 3.8) is 0 Å². The molecule has 0 saturated carbocycles. The monoisotopic (exact) mass is 746 g/mol. The van der Waals surface area contributed by atoms with Gasteiger partial charge in [-0.05, 0) is 79.0 Å². The first kappa shape index (κ1) is 39.2. The molecule has 288 valence electrons. The number of fused-ring (bicyclic) bond motifs is 1. The SMILES string of the molecule is CCOC(=O)CNC(=O)Nc1cccc(C[C@H]2C[C@H](Cc3ccccc3)N(C[C@@H](O)C[C@@H](Cc3ccccc3)C(=O)N[C@H]3c4ccccc4C[C@H]3O)C2=O)c1. The first-order valence-electron chi connectivity index (χ1n) is 19.1. The second-order valence-corrected chi connectivity index (χ2v) is 14.5. The Morgan fingerprint density at radius 2 is 1.56 bits per heavy atom. The topological polar surface area (TPSA) is 157 Å². The number of aliphatic hydroxyl groups excluding tert-OH is 2. The van der Waals surface area contributed by atoms with Crippen molar-refractivity contribution in [2.75, 3.05) is 25.0 Å². The Morgan fingerprint density at radius 3 is 2.31 bits per heavy atom. The molecule has 4 aromatic carbocycles. The predicted octanol–water partition coefficient (Wildman–Crippen LogP) is 4.76. The maximum Gasteiger partial charge on any atom is 0.325 e. The van der Waals surface area contributed by atoms with Gasteiger partial charge in [0, 0.05) is 36.5 Å². The molecule has 1 saturated heterocycles. The van der Waals surface area contributed by atoms with Crippen molar-refractivity contribution in [2.24, 2.45) is 11.8 Å². The zero-order valence-electron chi connectivity index (χ0n) is 31.1. The summed E-state index contributed by atoms with van der Waals surface area (Å²) in [6.07, 6.45) is 0.874. The second-order valence-electron chi connectivity index (χ2n) is 14.5. The van der Waals surface area contributed by atoms with Gasteiger partial charge in [-0.1, -0.05) is 97.1 Å². The van der Waals surface area contributed by atoms with Crippen LogP contribution in [0.25, 0.3) is 0 Å². The summed E-state index contributed by atoms with van der Waals surface area (Å²) in [5, 5.41) is 30.9. The molecule has 1 heterocycles. The summed E-state index contributed by atoms with van der Waals surface area (Å²) < 4.78 is 4.86. The minimum absolute atomic E-state index is 0.0692. The third-order valence-corrected chi connectivity index (χ3v) is 10.5. The van der Waals surface area contributed by atoms with Gasteiger partial charge < -0.3 is 35.8 Å². The standard InChI is InChI=1S/C44H50N4O7/c1-2-55-40(51)27-45-44(54)46-35-18-11-16-31(22-35)21-34-24-36(23-30-14-7-4-8-15-30)48(43(34)53)28-37(49)25-33(20-29-12-5-3-6-13-29)42(52)47-41-38-19-10-9-17-32(38)26-39(41)50/h3-19,22,33-34,36-37,39,41,49-50H,2,20-21,23-28H2,1H3,(H,47,52)(H2,45,46,54)/t33-,34+,36+,37+,39-,41+/m1/s1. The van der Waals surface area contributed by atoms with E-state index in [9.17, 15) is 29.4 Å². The van der Waals surface area contributed by atoms with Crippen molar-refractivity contribution in [2.45, 2.75) is 69.7 Å².